The number of methoxy groups -OCH3 is 1. The Morgan fingerprint density at radius 3 is 2.29 bits per heavy atom. The highest BCUT2D eigenvalue weighted by atomic mass is 16.5. The van der Waals surface area contributed by atoms with E-state index in [-0.39, 0.29) is 12.0 Å². The van der Waals surface area contributed by atoms with Gasteiger partial charge in [-0.1, -0.05) is 0 Å². The molecule has 126 valence electrons. The van der Waals surface area contributed by atoms with Crippen molar-refractivity contribution in [3.05, 3.63) is 54.1 Å². The van der Waals surface area contributed by atoms with Crippen LogP contribution >= 0.6 is 0 Å². The van der Waals surface area contributed by atoms with Crippen LogP contribution in [0.4, 0.5) is 11.4 Å². The molecule has 2 N–H and O–H groups in total. The molecule has 5 heteroatoms. The van der Waals surface area contributed by atoms with Gasteiger partial charge >= 0.3 is 0 Å². The Morgan fingerprint density at radius 1 is 1.08 bits per heavy atom. The van der Waals surface area contributed by atoms with Crippen molar-refractivity contribution < 1.29 is 14.6 Å². The zero-order chi connectivity index (χ0) is 16.9. The lowest BCUT2D eigenvalue weighted by molar-refractivity contribution is 0.102. The van der Waals surface area contributed by atoms with E-state index in [1.807, 2.05) is 48.5 Å². The summed E-state index contributed by atoms with van der Waals surface area (Å²) in [5.41, 5.74) is 2.43. The molecule has 1 amide bonds. The van der Waals surface area contributed by atoms with E-state index >= 15 is 0 Å². The molecule has 3 rings (SSSR count). The minimum atomic E-state index is -0.184. The van der Waals surface area contributed by atoms with Gasteiger partial charge in [0, 0.05) is 30.0 Å². The highest BCUT2D eigenvalue weighted by molar-refractivity contribution is 6.04. The van der Waals surface area contributed by atoms with Gasteiger partial charge in [-0.2, -0.15) is 0 Å². The first-order valence-corrected chi connectivity index (χ1v) is 8.14. The molecule has 0 radical (unpaired) electrons. The Hall–Kier alpha value is -2.53. The van der Waals surface area contributed by atoms with E-state index in [0.717, 1.165) is 43.1 Å². The van der Waals surface area contributed by atoms with E-state index < -0.39 is 0 Å². The van der Waals surface area contributed by atoms with Crippen molar-refractivity contribution in [3.8, 4) is 5.75 Å². The van der Waals surface area contributed by atoms with Gasteiger partial charge in [0.05, 0.1) is 13.2 Å². The summed E-state index contributed by atoms with van der Waals surface area (Å²) in [6.07, 6.45) is 1.40. The van der Waals surface area contributed by atoms with Crippen LogP contribution in [-0.4, -0.2) is 37.3 Å². The molecule has 0 saturated carbocycles. The molecule has 1 saturated heterocycles. The third kappa shape index (κ3) is 3.86. The lowest BCUT2D eigenvalue weighted by Crippen LogP contribution is -2.35. The first kappa shape index (κ1) is 16.3. The van der Waals surface area contributed by atoms with E-state index in [9.17, 15) is 9.90 Å². The van der Waals surface area contributed by atoms with Gasteiger partial charge in [0.15, 0.2) is 0 Å². The van der Waals surface area contributed by atoms with Crippen molar-refractivity contribution in [1.82, 2.24) is 0 Å². The second-order valence-corrected chi connectivity index (χ2v) is 5.95. The molecule has 0 bridgehead atoms. The molecule has 0 unspecified atom stereocenters. The number of anilines is 2. The standard InChI is InChI=1S/C19H22N2O3/c1-24-18-8-4-15(5-9-18)20-19(23)14-2-6-16(7-3-14)21-12-10-17(22)11-13-21/h2-9,17,22H,10-13H2,1H3,(H,20,23). The second kappa shape index (κ2) is 7.36. The van der Waals surface area contributed by atoms with Crippen LogP contribution in [0, 0.1) is 0 Å². The number of hydrogen-bond donors (Lipinski definition) is 2. The third-order valence-electron chi connectivity index (χ3n) is 4.31. The van der Waals surface area contributed by atoms with E-state index in [4.69, 9.17) is 4.74 Å². The predicted octanol–water partition coefficient (Wildman–Crippen LogP) is 2.91. The summed E-state index contributed by atoms with van der Waals surface area (Å²) in [5, 5.41) is 12.4. The fourth-order valence-electron chi connectivity index (χ4n) is 2.83. The molecule has 1 aliphatic heterocycles. The van der Waals surface area contributed by atoms with Gasteiger partial charge in [-0.05, 0) is 61.4 Å². The average Bonchev–Trinajstić information content (AvgIpc) is 2.63. The maximum absolute atomic E-state index is 12.3. The highest BCUT2D eigenvalue weighted by Gasteiger charge is 2.17. The van der Waals surface area contributed by atoms with Crippen molar-refractivity contribution in [2.75, 3.05) is 30.4 Å². The van der Waals surface area contributed by atoms with E-state index in [1.54, 1.807) is 7.11 Å². The SMILES string of the molecule is COc1ccc(NC(=O)c2ccc(N3CCC(O)CC3)cc2)cc1. The van der Waals surface area contributed by atoms with Crippen molar-refractivity contribution in [2.24, 2.45) is 0 Å². The van der Waals surface area contributed by atoms with Crippen LogP contribution in [-0.2, 0) is 0 Å². The maximum atomic E-state index is 12.3. The van der Waals surface area contributed by atoms with Crippen LogP contribution in [0.5, 0.6) is 5.75 Å². The molecule has 1 heterocycles. The van der Waals surface area contributed by atoms with Crippen LogP contribution in [0.2, 0.25) is 0 Å². The largest absolute Gasteiger partial charge is 0.497 e. The number of hydrogen-bond acceptors (Lipinski definition) is 4. The zero-order valence-corrected chi connectivity index (χ0v) is 13.7. The quantitative estimate of drug-likeness (QED) is 0.907. The molecule has 1 aliphatic rings. The molecule has 0 atom stereocenters. The fraction of sp³-hybridized carbons (Fsp3) is 0.316. The molecule has 0 aliphatic carbocycles. The number of ether oxygens (including phenoxy) is 1. The number of piperidine rings is 1. The Kier molecular flexibility index (Phi) is 5.01. The molecule has 5 nitrogen and oxygen atoms in total. The Balaban J connectivity index is 1.62. The second-order valence-electron chi connectivity index (χ2n) is 5.95. The molecule has 24 heavy (non-hydrogen) atoms. The summed E-state index contributed by atoms with van der Waals surface area (Å²) in [7, 11) is 1.61. The zero-order valence-electron chi connectivity index (χ0n) is 13.7. The third-order valence-corrected chi connectivity index (χ3v) is 4.31. The number of amides is 1. The highest BCUT2D eigenvalue weighted by Crippen LogP contribution is 2.21. The molecule has 0 spiro atoms. The Labute approximate surface area is 141 Å². The number of benzene rings is 2. The van der Waals surface area contributed by atoms with Crippen LogP contribution in [0.3, 0.4) is 0 Å². The van der Waals surface area contributed by atoms with Crippen molar-refractivity contribution in [1.29, 1.82) is 0 Å². The van der Waals surface area contributed by atoms with Gasteiger partial charge in [-0.25, -0.2) is 0 Å². The lowest BCUT2D eigenvalue weighted by Gasteiger charge is -2.31. The minimum Gasteiger partial charge on any atom is -0.497 e. The van der Waals surface area contributed by atoms with E-state index in [2.05, 4.69) is 10.2 Å². The number of nitrogens with one attached hydrogen (secondary N) is 1. The van der Waals surface area contributed by atoms with Crippen molar-refractivity contribution in [3.63, 3.8) is 0 Å². The summed E-state index contributed by atoms with van der Waals surface area (Å²) in [4.78, 5) is 14.5. The number of nitrogens with zero attached hydrogens (tertiary/aromatic N) is 1. The number of aliphatic hydroxyl groups excluding tert-OH is 1. The average molecular weight is 326 g/mol. The monoisotopic (exact) mass is 326 g/mol. The van der Waals surface area contributed by atoms with Gasteiger partial charge < -0.3 is 20.1 Å². The summed E-state index contributed by atoms with van der Waals surface area (Å²) in [6, 6.07) is 14.8. The van der Waals surface area contributed by atoms with Crippen LogP contribution < -0.4 is 15.0 Å². The molecule has 1 fully saturated rings. The number of rotatable bonds is 4. The summed E-state index contributed by atoms with van der Waals surface area (Å²) in [5.74, 6) is 0.616. The Morgan fingerprint density at radius 2 is 1.71 bits per heavy atom. The van der Waals surface area contributed by atoms with E-state index in [0.29, 0.717) is 5.56 Å². The minimum absolute atomic E-state index is 0.138. The Bertz CT molecular complexity index is 675. The van der Waals surface area contributed by atoms with Gasteiger partial charge in [-0.15, -0.1) is 0 Å². The summed E-state index contributed by atoms with van der Waals surface area (Å²) >= 11 is 0. The molecule has 0 aromatic heterocycles. The number of aliphatic hydroxyl groups is 1. The number of carbonyl (C=O) groups excluding carboxylic acids is 1. The van der Waals surface area contributed by atoms with E-state index in [1.165, 1.54) is 0 Å². The molecule has 2 aromatic carbocycles. The first-order chi connectivity index (χ1) is 11.7. The molecule has 2 aromatic rings. The molecular weight excluding hydrogens is 304 g/mol. The first-order valence-electron chi connectivity index (χ1n) is 8.14. The van der Waals surface area contributed by atoms with Gasteiger partial charge in [0.2, 0.25) is 0 Å². The smallest absolute Gasteiger partial charge is 0.255 e. The predicted molar refractivity (Wildman–Crippen MR) is 94.8 cm³/mol. The van der Waals surface area contributed by atoms with Gasteiger partial charge in [0.25, 0.3) is 5.91 Å². The van der Waals surface area contributed by atoms with Crippen molar-refractivity contribution in [2.45, 2.75) is 18.9 Å². The summed E-state index contributed by atoms with van der Waals surface area (Å²) in [6.45, 7) is 1.69. The van der Waals surface area contributed by atoms with Gasteiger partial charge in [0.1, 0.15) is 5.75 Å². The molecular formula is C19H22N2O3. The normalized spacial score (nSPS) is 15.2. The topological polar surface area (TPSA) is 61.8 Å². The fourth-order valence-corrected chi connectivity index (χ4v) is 2.83. The van der Waals surface area contributed by atoms with Crippen LogP contribution in [0.25, 0.3) is 0 Å². The maximum Gasteiger partial charge on any atom is 0.255 e. The van der Waals surface area contributed by atoms with Gasteiger partial charge in [-0.3, -0.25) is 4.79 Å². The van der Waals surface area contributed by atoms with Crippen LogP contribution in [0.15, 0.2) is 48.5 Å². The number of carbonyl (C=O) groups is 1. The lowest BCUT2D eigenvalue weighted by atomic mass is 10.1. The van der Waals surface area contributed by atoms with Crippen molar-refractivity contribution >= 4 is 17.3 Å². The summed E-state index contributed by atoms with van der Waals surface area (Å²) < 4.78 is 5.10. The van der Waals surface area contributed by atoms with Crippen LogP contribution in [0.1, 0.15) is 23.2 Å².